The Balaban J connectivity index is 1.56. The summed E-state index contributed by atoms with van der Waals surface area (Å²) < 4.78 is 5.47. The summed E-state index contributed by atoms with van der Waals surface area (Å²) in [6, 6.07) is 7.09. The standard InChI is InChI=1S/C18H24N2O3/c19-18(22)16-4-2-1-3-14(16)11-17(21)20-8-5-13(6-9-20)15-7-10-23-12-15/h1-4,13,15H,5-12H2,(H2,19,22). The van der Waals surface area contributed by atoms with Crippen molar-refractivity contribution < 1.29 is 14.3 Å². The third-order valence-electron chi connectivity index (χ3n) is 5.15. The lowest BCUT2D eigenvalue weighted by Gasteiger charge is -2.34. The number of benzene rings is 1. The number of carbonyl (C=O) groups is 2. The molecular formula is C18H24N2O3. The molecule has 2 aliphatic rings. The van der Waals surface area contributed by atoms with Crippen LogP contribution in [-0.4, -0.2) is 43.0 Å². The predicted molar refractivity (Wildman–Crippen MR) is 86.9 cm³/mol. The van der Waals surface area contributed by atoms with Gasteiger partial charge in [0.15, 0.2) is 0 Å². The number of hydrogen-bond acceptors (Lipinski definition) is 3. The fourth-order valence-corrected chi connectivity index (χ4v) is 3.73. The Bertz CT molecular complexity index is 573. The average Bonchev–Trinajstić information content (AvgIpc) is 3.10. The minimum absolute atomic E-state index is 0.0832. The van der Waals surface area contributed by atoms with E-state index in [-0.39, 0.29) is 12.3 Å². The van der Waals surface area contributed by atoms with Crippen LogP contribution in [0.4, 0.5) is 0 Å². The van der Waals surface area contributed by atoms with Gasteiger partial charge in [-0.15, -0.1) is 0 Å². The molecule has 5 heteroatoms. The number of piperidine rings is 1. The van der Waals surface area contributed by atoms with Crippen molar-refractivity contribution in [3.63, 3.8) is 0 Å². The van der Waals surface area contributed by atoms with Gasteiger partial charge in [0.05, 0.1) is 6.42 Å². The van der Waals surface area contributed by atoms with Gasteiger partial charge in [-0.05, 0) is 42.7 Å². The van der Waals surface area contributed by atoms with Gasteiger partial charge in [-0.2, -0.15) is 0 Å². The van der Waals surface area contributed by atoms with Crippen molar-refractivity contribution in [3.8, 4) is 0 Å². The van der Waals surface area contributed by atoms with Crippen molar-refractivity contribution in [2.75, 3.05) is 26.3 Å². The summed E-state index contributed by atoms with van der Waals surface area (Å²) >= 11 is 0. The van der Waals surface area contributed by atoms with Crippen LogP contribution in [0.1, 0.15) is 35.2 Å². The third kappa shape index (κ3) is 3.72. The van der Waals surface area contributed by atoms with E-state index in [1.54, 1.807) is 18.2 Å². The Kier molecular flexibility index (Phi) is 4.96. The zero-order valence-electron chi connectivity index (χ0n) is 13.4. The largest absolute Gasteiger partial charge is 0.381 e. The second-order valence-electron chi connectivity index (χ2n) is 6.54. The van der Waals surface area contributed by atoms with Crippen LogP contribution in [0.5, 0.6) is 0 Å². The molecule has 0 aliphatic carbocycles. The lowest BCUT2D eigenvalue weighted by molar-refractivity contribution is -0.132. The van der Waals surface area contributed by atoms with E-state index in [4.69, 9.17) is 10.5 Å². The van der Waals surface area contributed by atoms with Gasteiger partial charge in [0.25, 0.3) is 0 Å². The van der Waals surface area contributed by atoms with Crippen LogP contribution in [0.3, 0.4) is 0 Å². The fraction of sp³-hybridized carbons (Fsp3) is 0.556. The Morgan fingerprint density at radius 1 is 1.13 bits per heavy atom. The summed E-state index contributed by atoms with van der Waals surface area (Å²) in [5, 5.41) is 0. The molecule has 1 atom stereocenters. The molecule has 124 valence electrons. The van der Waals surface area contributed by atoms with Crippen LogP contribution in [0.15, 0.2) is 24.3 Å². The predicted octanol–water partition coefficient (Wildman–Crippen LogP) is 1.60. The van der Waals surface area contributed by atoms with E-state index in [2.05, 4.69) is 0 Å². The lowest BCUT2D eigenvalue weighted by Crippen LogP contribution is -2.41. The molecule has 2 fully saturated rings. The molecule has 0 bridgehead atoms. The van der Waals surface area contributed by atoms with Gasteiger partial charge < -0.3 is 15.4 Å². The number of primary amides is 1. The minimum Gasteiger partial charge on any atom is -0.381 e. The SMILES string of the molecule is NC(=O)c1ccccc1CC(=O)N1CCC(C2CCOC2)CC1. The molecule has 1 aromatic rings. The van der Waals surface area contributed by atoms with Crippen molar-refractivity contribution in [3.05, 3.63) is 35.4 Å². The maximum Gasteiger partial charge on any atom is 0.248 e. The van der Waals surface area contributed by atoms with Gasteiger partial charge in [0.1, 0.15) is 0 Å². The van der Waals surface area contributed by atoms with Gasteiger partial charge in [0, 0.05) is 31.9 Å². The molecule has 1 aromatic carbocycles. The minimum atomic E-state index is -0.478. The first-order valence-corrected chi connectivity index (χ1v) is 8.38. The molecule has 5 nitrogen and oxygen atoms in total. The second-order valence-corrected chi connectivity index (χ2v) is 6.54. The Labute approximate surface area is 136 Å². The Morgan fingerprint density at radius 2 is 1.87 bits per heavy atom. The Hall–Kier alpha value is -1.88. The summed E-state index contributed by atoms with van der Waals surface area (Å²) in [6.07, 6.45) is 3.51. The molecule has 2 N–H and O–H groups in total. The third-order valence-corrected chi connectivity index (χ3v) is 5.15. The van der Waals surface area contributed by atoms with E-state index in [1.807, 2.05) is 11.0 Å². The molecule has 0 aromatic heterocycles. The summed E-state index contributed by atoms with van der Waals surface area (Å²) in [5.41, 5.74) is 6.54. The molecule has 0 saturated carbocycles. The topological polar surface area (TPSA) is 72.6 Å². The highest BCUT2D eigenvalue weighted by molar-refractivity contribution is 5.95. The summed E-state index contributed by atoms with van der Waals surface area (Å²) in [7, 11) is 0. The molecule has 0 radical (unpaired) electrons. The van der Waals surface area contributed by atoms with E-state index in [0.717, 1.165) is 51.1 Å². The van der Waals surface area contributed by atoms with Crippen LogP contribution >= 0.6 is 0 Å². The molecule has 3 rings (SSSR count). The molecule has 2 heterocycles. The van der Waals surface area contributed by atoms with Crippen LogP contribution in [-0.2, 0) is 16.0 Å². The van der Waals surface area contributed by atoms with Crippen molar-refractivity contribution in [2.24, 2.45) is 17.6 Å². The maximum atomic E-state index is 12.5. The Morgan fingerprint density at radius 3 is 2.52 bits per heavy atom. The average molecular weight is 316 g/mol. The van der Waals surface area contributed by atoms with Gasteiger partial charge in [-0.25, -0.2) is 0 Å². The maximum absolute atomic E-state index is 12.5. The quantitative estimate of drug-likeness (QED) is 0.917. The number of amides is 2. The molecule has 1 unspecified atom stereocenters. The highest BCUT2D eigenvalue weighted by Gasteiger charge is 2.30. The van der Waals surface area contributed by atoms with Crippen LogP contribution in [0, 0.1) is 11.8 Å². The number of nitrogens with zero attached hydrogens (tertiary/aromatic N) is 1. The summed E-state index contributed by atoms with van der Waals surface area (Å²) in [6.45, 7) is 3.37. The number of ether oxygens (including phenoxy) is 1. The molecule has 2 aliphatic heterocycles. The lowest BCUT2D eigenvalue weighted by atomic mass is 9.84. The molecule has 2 saturated heterocycles. The second kappa shape index (κ2) is 7.13. The first kappa shape index (κ1) is 16.0. The normalized spacial score (nSPS) is 22.3. The van der Waals surface area contributed by atoms with E-state index in [9.17, 15) is 9.59 Å². The monoisotopic (exact) mass is 316 g/mol. The zero-order valence-corrected chi connectivity index (χ0v) is 13.4. The van der Waals surface area contributed by atoms with Gasteiger partial charge >= 0.3 is 0 Å². The number of nitrogens with two attached hydrogens (primary N) is 1. The highest BCUT2D eigenvalue weighted by atomic mass is 16.5. The smallest absolute Gasteiger partial charge is 0.248 e. The number of likely N-dealkylation sites (tertiary alicyclic amines) is 1. The molecule has 2 amide bonds. The molecule has 23 heavy (non-hydrogen) atoms. The van der Waals surface area contributed by atoms with Crippen molar-refractivity contribution in [1.82, 2.24) is 4.90 Å². The van der Waals surface area contributed by atoms with Crippen molar-refractivity contribution in [1.29, 1.82) is 0 Å². The highest BCUT2D eigenvalue weighted by Crippen LogP contribution is 2.30. The van der Waals surface area contributed by atoms with Crippen LogP contribution in [0.25, 0.3) is 0 Å². The first-order valence-electron chi connectivity index (χ1n) is 8.38. The summed E-state index contributed by atoms with van der Waals surface area (Å²) in [5.74, 6) is 0.954. The number of hydrogen-bond donors (Lipinski definition) is 1. The van der Waals surface area contributed by atoms with Gasteiger partial charge in [-0.3, -0.25) is 9.59 Å². The van der Waals surface area contributed by atoms with E-state index in [0.29, 0.717) is 17.4 Å². The first-order chi connectivity index (χ1) is 11.1. The van der Waals surface area contributed by atoms with Gasteiger partial charge in [-0.1, -0.05) is 18.2 Å². The zero-order chi connectivity index (χ0) is 16.2. The fourth-order valence-electron chi connectivity index (χ4n) is 3.73. The summed E-state index contributed by atoms with van der Waals surface area (Å²) in [4.78, 5) is 25.9. The molecule has 0 spiro atoms. The van der Waals surface area contributed by atoms with Crippen LogP contribution in [0.2, 0.25) is 0 Å². The van der Waals surface area contributed by atoms with E-state index in [1.165, 1.54) is 0 Å². The van der Waals surface area contributed by atoms with E-state index < -0.39 is 5.91 Å². The number of rotatable bonds is 4. The van der Waals surface area contributed by atoms with Crippen LogP contribution < -0.4 is 5.73 Å². The molecular weight excluding hydrogens is 292 g/mol. The van der Waals surface area contributed by atoms with E-state index >= 15 is 0 Å². The van der Waals surface area contributed by atoms with Crippen molar-refractivity contribution in [2.45, 2.75) is 25.7 Å². The van der Waals surface area contributed by atoms with Gasteiger partial charge in [0.2, 0.25) is 11.8 Å². The number of carbonyl (C=O) groups excluding carboxylic acids is 2. The van der Waals surface area contributed by atoms with Crippen molar-refractivity contribution >= 4 is 11.8 Å².